The molecule has 1 N–H and O–H groups in total. The molecule has 2 amide bonds. The molecule has 0 aliphatic carbocycles. The molecule has 126 valence electrons. The minimum Gasteiger partial charge on any atom is -0.341 e. The number of carbonyl (C=O) groups excluding carboxylic acids is 2. The summed E-state index contributed by atoms with van der Waals surface area (Å²) >= 11 is 11.7. The molecule has 1 fully saturated rings. The van der Waals surface area contributed by atoms with Crippen LogP contribution < -0.4 is 5.32 Å². The summed E-state index contributed by atoms with van der Waals surface area (Å²) in [6, 6.07) is 4.19. The van der Waals surface area contributed by atoms with Crippen LogP contribution in [0.4, 0.5) is 5.69 Å². The summed E-state index contributed by atoms with van der Waals surface area (Å²) in [5.74, 6) is -0.928. The molecule has 0 bridgehead atoms. The van der Waals surface area contributed by atoms with E-state index < -0.39 is 21.7 Å². The van der Waals surface area contributed by atoms with Crippen molar-refractivity contribution in [2.45, 2.75) is 18.9 Å². The Kier molecular flexibility index (Phi) is 5.54. The number of sulfone groups is 1. The van der Waals surface area contributed by atoms with Gasteiger partial charge in [-0.15, -0.1) is 0 Å². The van der Waals surface area contributed by atoms with Crippen LogP contribution in [0, 0.1) is 0 Å². The van der Waals surface area contributed by atoms with Crippen molar-refractivity contribution in [2.24, 2.45) is 0 Å². The summed E-state index contributed by atoms with van der Waals surface area (Å²) in [5.41, 5.74) is 0.395. The van der Waals surface area contributed by atoms with Gasteiger partial charge in [-0.05, 0) is 24.6 Å². The monoisotopic (exact) mass is 378 g/mol. The number of nitrogens with one attached hydrogen (secondary N) is 1. The van der Waals surface area contributed by atoms with E-state index >= 15 is 0 Å². The predicted molar refractivity (Wildman–Crippen MR) is 89.5 cm³/mol. The Hall–Kier alpha value is -1.31. The zero-order valence-electron chi connectivity index (χ0n) is 12.4. The van der Waals surface area contributed by atoms with Crippen LogP contribution in [0.2, 0.25) is 10.0 Å². The lowest BCUT2D eigenvalue weighted by Gasteiger charge is -2.23. The van der Waals surface area contributed by atoms with Crippen LogP contribution in [0.5, 0.6) is 0 Å². The lowest BCUT2D eigenvalue weighted by Crippen LogP contribution is -2.39. The first-order valence-electron chi connectivity index (χ1n) is 6.88. The number of anilines is 1. The van der Waals surface area contributed by atoms with E-state index in [9.17, 15) is 18.0 Å². The second-order valence-corrected chi connectivity index (χ2v) is 8.55. The molecular formula is C14H16Cl2N2O4S. The first kappa shape index (κ1) is 18.0. The molecule has 1 atom stereocenters. The number of halogens is 2. The van der Waals surface area contributed by atoms with Crippen molar-refractivity contribution in [2.75, 3.05) is 23.9 Å². The van der Waals surface area contributed by atoms with E-state index in [0.717, 1.165) is 0 Å². The topological polar surface area (TPSA) is 83.6 Å². The van der Waals surface area contributed by atoms with Gasteiger partial charge in [0.15, 0.2) is 9.84 Å². The fourth-order valence-corrected chi connectivity index (χ4v) is 4.68. The van der Waals surface area contributed by atoms with Gasteiger partial charge >= 0.3 is 0 Å². The van der Waals surface area contributed by atoms with Gasteiger partial charge in [0.05, 0.1) is 11.5 Å². The maximum absolute atomic E-state index is 12.1. The lowest BCUT2D eigenvalue weighted by atomic mass is 10.2. The molecule has 1 aliphatic rings. The summed E-state index contributed by atoms with van der Waals surface area (Å²) in [7, 11) is -1.57. The summed E-state index contributed by atoms with van der Waals surface area (Å²) in [6.07, 6.45) is 0.0211. The molecule has 0 aromatic heterocycles. The number of amides is 2. The van der Waals surface area contributed by atoms with E-state index in [1.165, 1.54) is 30.1 Å². The zero-order valence-corrected chi connectivity index (χ0v) is 14.7. The highest BCUT2D eigenvalue weighted by molar-refractivity contribution is 7.91. The molecule has 1 aliphatic heterocycles. The van der Waals surface area contributed by atoms with E-state index in [1.54, 1.807) is 0 Å². The van der Waals surface area contributed by atoms with Gasteiger partial charge < -0.3 is 10.2 Å². The highest BCUT2D eigenvalue weighted by Gasteiger charge is 2.33. The Bertz CT molecular complexity index is 716. The van der Waals surface area contributed by atoms with E-state index in [-0.39, 0.29) is 24.0 Å². The highest BCUT2D eigenvalue weighted by Crippen LogP contribution is 2.23. The number of hydrogen-bond acceptors (Lipinski definition) is 4. The van der Waals surface area contributed by atoms with Gasteiger partial charge in [0, 0.05) is 28.8 Å². The van der Waals surface area contributed by atoms with Crippen molar-refractivity contribution in [3.05, 3.63) is 28.2 Å². The molecule has 1 saturated heterocycles. The average Bonchev–Trinajstić information content (AvgIpc) is 2.76. The molecule has 0 spiro atoms. The number of benzene rings is 1. The number of carbonyl (C=O) groups is 2. The summed E-state index contributed by atoms with van der Waals surface area (Å²) in [5, 5.41) is 3.28. The summed E-state index contributed by atoms with van der Waals surface area (Å²) in [4.78, 5) is 25.4. The van der Waals surface area contributed by atoms with Gasteiger partial charge in [-0.25, -0.2) is 8.42 Å². The Morgan fingerprint density at radius 1 is 1.26 bits per heavy atom. The smallest absolute Gasteiger partial charge is 0.233 e. The van der Waals surface area contributed by atoms with Crippen molar-refractivity contribution >= 4 is 50.5 Å². The molecule has 0 saturated carbocycles. The van der Waals surface area contributed by atoms with Crippen LogP contribution in [-0.2, 0) is 19.4 Å². The first-order chi connectivity index (χ1) is 10.7. The number of nitrogens with zero attached hydrogens (tertiary/aromatic N) is 1. The van der Waals surface area contributed by atoms with Crippen molar-refractivity contribution in [3.63, 3.8) is 0 Å². The summed E-state index contributed by atoms with van der Waals surface area (Å²) < 4.78 is 22.9. The van der Waals surface area contributed by atoms with Gasteiger partial charge in [-0.1, -0.05) is 23.2 Å². The van der Waals surface area contributed by atoms with Crippen molar-refractivity contribution in [3.8, 4) is 0 Å². The molecule has 1 heterocycles. The van der Waals surface area contributed by atoms with Crippen LogP contribution in [-0.4, -0.2) is 49.7 Å². The fourth-order valence-electron chi connectivity index (χ4n) is 2.38. The third kappa shape index (κ3) is 5.09. The first-order valence-corrected chi connectivity index (χ1v) is 9.46. The molecule has 2 rings (SSSR count). The molecule has 0 radical (unpaired) electrons. The van der Waals surface area contributed by atoms with Crippen LogP contribution in [0.25, 0.3) is 0 Å². The largest absolute Gasteiger partial charge is 0.341 e. The second-order valence-electron chi connectivity index (χ2n) is 5.44. The van der Waals surface area contributed by atoms with Crippen molar-refractivity contribution in [1.29, 1.82) is 0 Å². The Morgan fingerprint density at radius 2 is 1.87 bits per heavy atom. The SMILES string of the molecule is CN(C(=O)CC(=O)Nc1cc(Cl)cc(Cl)c1)C1CCS(=O)(=O)C1. The fraction of sp³-hybridized carbons (Fsp3) is 0.429. The van der Waals surface area contributed by atoms with Gasteiger partial charge in [0.2, 0.25) is 11.8 Å². The van der Waals surface area contributed by atoms with E-state index in [2.05, 4.69) is 5.32 Å². The molecule has 1 unspecified atom stereocenters. The quantitative estimate of drug-likeness (QED) is 0.811. The number of rotatable bonds is 4. The molecule has 1 aromatic rings. The molecule has 9 heteroatoms. The maximum Gasteiger partial charge on any atom is 0.233 e. The minimum atomic E-state index is -3.08. The molecule has 1 aromatic carbocycles. The normalized spacial score (nSPS) is 19.3. The standard InChI is InChI=1S/C14H16Cl2N2O4S/c1-18(12-2-3-23(21,22)8-12)14(20)7-13(19)17-11-5-9(15)4-10(16)6-11/h4-6,12H,2-3,7-8H2,1H3,(H,17,19). The van der Waals surface area contributed by atoms with Crippen LogP contribution in [0.3, 0.4) is 0 Å². The average molecular weight is 379 g/mol. The Labute approximate surface area is 144 Å². The summed E-state index contributed by atoms with van der Waals surface area (Å²) in [6.45, 7) is 0. The van der Waals surface area contributed by atoms with Gasteiger partial charge in [-0.3, -0.25) is 9.59 Å². The Balaban J connectivity index is 1.93. The zero-order chi connectivity index (χ0) is 17.2. The maximum atomic E-state index is 12.1. The van der Waals surface area contributed by atoms with Gasteiger partial charge in [0.1, 0.15) is 6.42 Å². The van der Waals surface area contributed by atoms with Crippen LogP contribution in [0.15, 0.2) is 18.2 Å². The second kappa shape index (κ2) is 7.07. The Morgan fingerprint density at radius 3 is 2.39 bits per heavy atom. The van der Waals surface area contributed by atoms with Crippen molar-refractivity contribution in [1.82, 2.24) is 4.90 Å². The molecule has 23 heavy (non-hydrogen) atoms. The van der Waals surface area contributed by atoms with Gasteiger partial charge in [-0.2, -0.15) is 0 Å². The lowest BCUT2D eigenvalue weighted by molar-refractivity contribution is -0.134. The van der Waals surface area contributed by atoms with E-state index in [1.807, 2.05) is 0 Å². The van der Waals surface area contributed by atoms with Crippen LogP contribution >= 0.6 is 23.2 Å². The van der Waals surface area contributed by atoms with E-state index in [0.29, 0.717) is 22.2 Å². The molecule has 6 nitrogen and oxygen atoms in total. The molecular weight excluding hydrogens is 363 g/mol. The minimum absolute atomic E-state index is 0.0548. The highest BCUT2D eigenvalue weighted by atomic mass is 35.5. The third-order valence-electron chi connectivity index (χ3n) is 3.61. The third-order valence-corrected chi connectivity index (χ3v) is 5.79. The van der Waals surface area contributed by atoms with Crippen molar-refractivity contribution < 1.29 is 18.0 Å². The van der Waals surface area contributed by atoms with Crippen LogP contribution in [0.1, 0.15) is 12.8 Å². The predicted octanol–water partition coefficient (Wildman–Crippen LogP) is 1.97. The van der Waals surface area contributed by atoms with E-state index in [4.69, 9.17) is 23.2 Å². The van der Waals surface area contributed by atoms with Gasteiger partial charge in [0.25, 0.3) is 0 Å². The number of hydrogen-bond donors (Lipinski definition) is 1.